The molecule has 1 aromatic heterocycles. The zero-order chi connectivity index (χ0) is 21.2. The molecular formula is C24H28N4O3. The molecule has 1 amide bonds. The fourth-order valence-corrected chi connectivity index (χ4v) is 4.80. The monoisotopic (exact) mass is 420 g/mol. The van der Waals surface area contributed by atoms with E-state index in [1.54, 1.807) is 4.57 Å². The minimum absolute atomic E-state index is 0.0696. The highest BCUT2D eigenvalue weighted by atomic mass is 16.5. The normalized spacial score (nSPS) is 19.3. The van der Waals surface area contributed by atoms with Crippen LogP contribution in [0.3, 0.4) is 0 Å². The summed E-state index contributed by atoms with van der Waals surface area (Å²) in [6.07, 6.45) is 2.94. The van der Waals surface area contributed by atoms with E-state index < -0.39 is 0 Å². The van der Waals surface area contributed by atoms with E-state index in [0.29, 0.717) is 12.1 Å². The second-order valence-corrected chi connectivity index (χ2v) is 8.31. The minimum atomic E-state index is -0.354. The van der Waals surface area contributed by atoms with Crippen molar-refractivity contribution in [1.29, 1.82) is 0 Å². The maximum atomic E-state index is 13.3. The molecule has 0 saturated carbocycles. The highest BCUT2D eigenvalue weighted by molar-refractivity contribution is 5.89. The number of nitrogens with one attached hydrogen (secondary N) is 1. The van der Waals surface area contributed by atoms with Crippen LogP contribution in [0, 0.1) is 0 Å². The van der Waals surface area contributed by atoms with Crippen LogP contribution in [0.1, 0.15) is 30.0 Å². The van der Waals surface area contributed by atoms with Gasteiger partial charge in [-0.05, 0) is 42.5 Å². The molecule has 2 heterocycles. The molecule has 1 unspecified atom stereocenters. The number of morpholine rings is 1. The average Bonchev–Trinajstić information content (AvgIpc) is 3.10. The van der Waals surface area contributed by atoms with Crippen LogP contribution < -0.4 is 11.0 Å². The molecule has 1 saturated heterocycles. The predicted molar refractivity (Wildman–Crippen MR) is 120 cm³/mol. The zero-order valence-electron chi connectivity index (χ0n) is 17.6. The summed E-state index contributed by atoms with van der Waals surface area (Å²) in [5, 5.41) is 3.13. The number of aryl methyl sites for hydroxylation is 1. The molecule has 2 aliphatic rings. The number of hydrogen-bond donors (Lipinski definition) is 1. The summed E-state index contributed by atoms with van der Waals surface area (Å²) >= 11 is 0. The third-order valence-electron chi connectivity index (χ3n) is 6.45. The van der Waals surface area contributed by atoms with Crippen molar-refractivity contribution in [3.05, 3.63) is 70.1 Å². The molecule has 0 bridgehead atoms. The van der Waals surface area contributed by atoms with Crippen molar-refractivity contribution in [2.75, 3.05) is 32.8 Å². The molecule has 0 spiro atoms. The number of benzene rings is 2. The lowest BCUT2D eigenvalue weighted by molar-refractivity contribution is 0.0364. The van der Waals surface area contributed by atoms with Crippen LogP contribution in [0.4, 0.5) is 4.79 Å². The van der Waals surface area contributed by atoms with E-state index in [0.717, 1.165) is 63.2 Å². The Hall–Kier alpha value is -2.90. The molecule has 0 radical (unpaired) electrons. The van der Waals surface area contributed by atoms with Crippen molar-refractivity contribution >= 4 is 17.1 Å². The van der Waals surface area contributed by atoms with Gasteiger partial charge in [0.1, 0.15) is 0 Å². The van der Waals surface area contributed by atoms with Gasteiger partial charge in [0, 0.05) is 26.2 Å². The molecular weight excluding hydrogens is 392 g/mol. The minimum Gasteiger partial charge on any atom is -0.379 e. The van der Waals surface area contributed by atoms with E-state index in [9.17, 15) is 9.59 Å². The summed E-state index contributed by atoms with van der Waals surface area (Å²) in [5.74, 6) is 0. The number of nitrogens with zero attached hydrogens (tertiary/aromatic N) is 3. The van der Waals surface area contributed by atoms with Crippen molar-refractivity contribution < 1.29 is 9.53 Å². The molecule has 2 aromatic carbocycles. The largest absolute Gasteiger partial charge is 0.379 e. The third kappa shape index (κ3) is 3.91. The summed E-state index contributed by atoms with van der Waals surface area (Å²) in [5.41, 5.74) is 3.60. The number of carbonyl (C=O) groups is 1. The topological polar surface area (TPSA) is 68.5 Å². The first kappa shape index (κ1) is 20.0. The Labute approximate surface area is 181 Å². The average molecular weight is 421 g/mol. The lowest BCUT2D eigenvalue weighted by Gasteiger charge is -2.26. The number of hydrogen-bond acceptors (Lipinski definition) is 4. The molecule has 3 aromatic rings. The first-order chi connectivity index (χ1) is 15.2. The van der Waals surface area contributed by atoms with Gasteiger partial charge in [0.15, 0.2) is 0 Å². The maximum absolute atomic E-state index is 13.3. The SMILES string of the molecule is O=C(NC1CCCc2ccccc21)n1c(=O)n(CCN2CCOCC2)c2ccccc21. The molecule has 1 aliphatic heterocycles. The highest BCUT2D eigenvalue weighted by Crippen LogP contribution is 2.29. The van der Waals surface area contributed by atoms with Crippen molar-refractivity contribution in [2.24, 2.45) is 0 Å². The molecule has 1 N–H and O–H groups in total. The van der Waals surface area contributed by atoms with Crippen LogP contribution in [0.2, 0.25) is 0 Å². The van der Waals surface area contributed by atoms with Gasteiger partial charge in [-0.3, -0.25) is 9.47 Å². The fraction of sp³-hybridized carbons (Fsp3) is 0.417. The van der Waals surface area contributed by atoms with Gasteiger partial charge in [-0.2, -0.15) is 0 Å². The second-order valence-electron chi connectivity index (χ2n) is 8.31. The standard InChI is InChI=1S/C24H28N4O3/c29-23(25-20-9-5-7-18-6-1-2-8-19(18)20)28-22-11-4-3-10-21(22)27(24(28)30)13-12-26-14-16-31-17-15-26/h1-4,6,8,10-11,20H,5,7,9,12-17H2,(H,25,29). The predicted octanol–water partition coefficient (Wildman–Crippen LogP) is 2.77. The lowest BCUT2D eigenvalue weighted by atomic mass is 9.88. The van der Waals surface area contributed by atoms with Crippen molar-refractivity contribution in [1.82, 2.24) is 19.4 Å². The number of ether oxygens (including phenoxy) is 1. The van der Waals surface area contributed by atoms with E-state index in [-0.39, 0.29) is 17.8 Å². The molecule has 5 rings (SSSR count). The van der Waals surface area contributed by atoms with Gasteiger partial charge in [-0.25, -0.2) is 14.2 Å². The van der Waals surface area contributed by atoms with Gasteiger partial charge >= 0.3 is 11.7 Å². The summed E-state index contributed by atoms with van der Waals surface area (Å²) in [6.45, 7) is 4.49. The van der Waals surface area contributed by atoms with E-state index in [4.69, 9.17) is 4.74 Å². The molecule has 7 nitrogen and oxygen atoms in total. The number of para-hydroxylation sites is 2. The summed E-state index contributed by atoms with van der Waals surface area (Å²) < 4.78 is 8.43. The Balaban J connectivity index is 1.43. The molecule has 1 fully saturated rings. The first-order valence-corrected chi connectivity index (χ1v) is 11.1. The summed E-state index contributed by atoms with van der Waals surface area (Å²) in [4.78, 5) is 28.9. The van der Waals surface area contributed by atoms with Crippen molar-refractivity contribution in [3.63, 3.8) is 0 Å². The van der Waals surface area contributed by atoms with E-state index in [2.05, 4.69) is 22.3 Å². The fourth-order valence-electron chi connectivity index (χ4n) is 4.80. The molecule has 1 atom stereocenters. The van der Waals surface area contributed by atoms with Crippen LogP contribution in [0.25, 0.3) is 11.0 Å². The van der Waals surface area contributed by atoms with Crippen LogP contribution in [0.5, 0.6) is 0 Å². The van der Waals surface area contributed by atoms with Gasteiger partial charge in [0.25, 0.3) is 0 Å². The van der Waals surface area contributed by atoms with Crippen LogP contribution in [-0.2, 0) is 17.7 Å². The molecule has 7 heteroatoms. The quantitative estimate of drug-likeness (QED) is 0.705. The van der Waals surface area contributed by atoms with Gasteiger partial charge in [0.2, 0.25) is 0 Å². The molecule has 1 aliphatic carbocycles. The van der Waals surface area contributed by atoms with Gasteiger partial charge in [0.05, 0.1) is 30.3 Å². The number of amides is 1. The van der Waals surface area contributed by atoms with Crippen LogP contribution in [-0.4, -0.2) is 52.9 Å². The highest BCUT2D eigenvalue weighted by Gasteiger charge is 2.25. The number of aromatic nitrogens is 2. The smallest absolute Gasteiger partial charge is 0.337 e. The Morgan fingerprint density at radius 3 is 2.58 bits per heavy atom. The van der Waals surface area contributed by atoms with E-state index in [1.807, 2.05) is 36.4 Å². The number of carbonyl (C=O) groups excluding carboxylic acids is 1. The van der Waals surface area contributed by atoms with Crippen LogP contribution >= 0.6 is 0 Å². The van der Waals surface area contributed by atoms with Crippen molar-refractivity contribution in [3.8, 4) is 0 Å². The Bertz CT molecular complexity index is 1140. The third-order valence-corrected chi connectivity index (χ3v) is 6.45. The zero-order valence-corrected chi connectivity index (χ0v) is 17.6. The van der Waals surface area contributed by atoms with Gasteiger partial charge < -0.3 is 10.1 Å². The van der Waals surface area contributed by atoms with E-state index in [1.165, 1.54) is 10.1 Å². The number of imidazole rings is 1. The Morgan fingerprint density at radius 1 is 1.00 bits per heavy atom. The Morgan fingerprint density at radius 2 is 1.74 bits per heavy atom. The first-order valence-electron chi connectivity index (χ1n) is 11.1. The van der Waals surface area contributed by atoms with Crippen LogP contribution in [0.15, 0.2) is 53.3 Å². The number of fused-ring (bicyclic) bond motifs is 2. The van der Waals surface area contributed by atoms with Gasteiger partial charge in [-0.15, -0.1) is 0 Å². The molecule has 31 heavy (non-hydrogen) atoms. The summed E-state index contributed by atoms with van der Waals surface area (Å²) in [7, 11) is 0. The van der Waals surface area contributed by atoms with Crippen molar-refractivity contribution in [2.45, 2.75) is 31.8 Å². The number of rotatable bonds is 4. The molecule has 162 valence electrons. The van der Waals surface area contributed by atoms with Gasteiger partial charge in [-0.1, -0.05) is 36.4 Å². The maximum Gasteiger partial charge on any atom is 0.337 e. The lowest BCUT2D eigenvalue weighted by Crippen LogP contribution is -2.41. The Kier molecular flexibility index (Phi) is 5.61. The summed E-state index contributed by atoms with van der Waals surface area (Å²) in [6, 6.07) is 15.4. The second kappa shape index (κ2) is 8.69. The van der Waals surface area contributed by atoms with E-state index >= 15 is 0 Å².